The molecule has 0 saturated carbocycles. The molecule has 18 heavy (non-hydrogen) atoms. The number of rotatable bonds is 4. The zero-order valence-corrected chi connectivity index (χ0v) is 10.5. The van der Waals surface area contributed by atoms with E-state index in [-0.39, 0.29) is 24.3 Å². The topological polar surface area (TPSA) is 38.3 Å². The van der Waals surface area contributed by atoms with Gasteiger partial charge < -0.3 is 10.1 Å². The number of halogens is 1. The molecule has 2 rings (SSSR count). The van der Waals surface area contributed by atoms with Crippen molar-refractivity contribution in [3.63, 3.8) is 0 Å². The number of nitrogens with one attached hydrogen (secondary N) is 1. The molecule has 1 aromatic rings. The van der Waals surface area contributed by atoms with Gasteiger partial charge in [0, 0.05) is 5.56 Å². The van der Waals surface area contributed by atoms with Gasteiger partial charge in [-0.15, -0.1) is 0 Å². The minimum atomic E-state index is -0.345. The highest BCUT2D eigenvalue weighted by Crippen LogP contribution is 2.12. The number of Topliss-reactive ketones (excluding diaryl/α,β-unsaturated/α-hetero) is 1. The average Bonchev–Trinajstić information content (AvgIpc) is 2.40. The number of hydrogen-bond donors (Lipinski definition) is 1. The number of ether oxygens (including phenoxy) is 1. The second kappa shape index (κ2) is 6.07. The van der Waals surface area contributed by atoms with Crippen molar-refractivity contribution in [3.8, 4) is 0 Å². The van der Waals surface area contributed by atoms with Crippen molar-refractivity contribution in [1.82, 2.24) is 5.32 Å². The number of piperidine rings is 1. The van der Waals surface area contributed by atoms with Crippen molar-refractivity contribution in [2.45, 2.75) is 25.9 Å². The lowest BCUT2D eigenvalue weighted by molar-refractivity contribution is 0.0317. The van der Waals surface area contributed by atoms with Crippen LogP contribution in [-0.2, 0) is 4.74 Å². The lowest BCUT2D eigenvalue weighted by atomic mass is 10.1. The highest BCUT2D eigenvalue weighted by molar-refractivity contribution is 5.97. The number of hydrogen-bond acceptors (Lipinski definition) is 3. The molecular formula is C14H18FNO2. The Morgan fingerprint density at radius 2 is 2.17 bits per heavy atom. The number of benzene rings is 1. The monoisotopic (exact) mass is 251 g/mol. The maximum absolute atomic E-state index is 13.3. The van der Waals surface area contributed by atoms with Crippen molar-refractivity contribution in [2.75, 3.05) is 19.7 Å². The molecule has 4 heteroatoms. The summed E-state index contributed by atoms with van der Waals surface area (Å²) >= 11 is 0. The number of aryl methyl sites for hydroxylation is 1. The fourth-order valence-corrected chi connectivity index (χ4v) is 2.01. The Balaban J connectivity index is 1.88. The van der Waals surface area contributed by atoms with Crippen LogP contribution in [-0.4, -0.2) is 31.6 Å². The lowest BCUT2D eigenvalue weighted by Crippen LogP contribution is -2.33. The van der Waals surface area contributed by atoms with E-state index in [1.165, 1.54) is 6.07 Å². The number of carbonyl (C=O) groups excluding carboxylic acids is 1. The van der Waals surface area contributed by atoms with E-state index in [0.717, 1.165) is 25.9 Å². The van der Waals surface area contributed by atoms with Crippen molar-refractivity contribution in [2.24, 2.45) is 0 Å². The van der Waals surface area contributed by atoms with Crippen LogP contribution in [0.25, 0.3) is 0 Å². The van der Waals surface area contributed by atoms with E-state index in [2.05, 4.69) is 5.32 Å². The molecule has 1 aliphatic rings. The molecular weight excluding hydrogens is 233 g/mol. The molecule has 0 aliphatic carbocycles. The summed E-state index contributed by atoms with van der Waals surface area (Å²) in [5.74, 6) is -0.504. The Morgan fingerprint density at radius 3 is 2.83 bits per heavy atom. The summed E-state index contributed by atoms with van der Waals surface area (Å²) in [5, 5.41) is 3.23. The first-order valence-electron chi connectivity index (χ1n) is 6.28. The zero-order valence-electron chi connectivity index (χ0n) is 10.5. The van der Waals surface area contributed by atoms with E-state index in [9.17, 15) is 9.18 Å². The Bertz CT molecular complexity index is 428. The second-order valence-corrected chi connectivity index (χ2v) is 4.65. The molecule has 1 heterocycles. The van der Waals surface area contributed by atoms with Crippen LogP contribution in [0.2, 0.25) is 0 Å². The summed E-state index contributed by atoms with van der Waals surface area (Å²) in [6.45, 7) is 3.57. The summed E-state index contributed by atoms with van der Waals surface area (Å²) in [5.41, 5.74) is 0.929. The largest absolute Gasteiger partial charge is 0.370 e. The van der Waals surface area contributed by atoms with Gasteiger partial charge >= 0.3 is 0 Å². The molecule has 1 saturated heterocycles. The van der Waals surface area contributed by atoms with Crippen LogP contribution in [0.3, 0.4) is 0 Å². The summed E-state index contributed by atoms with van der Waals surface area (Å²) < 4.78 is 18.9. The van der Waals surface area contributed by atoms with Crippen LogP contribution in [0.4, 0.5) is 4.39 Å². The maximum Gasteiger partial charge on any atom is 0.188 e. The molecule has 0 amide bonds. The van der Waals surface area contributed by atoms with Crippen LogP contribution in [0.1, 0.15) is 28.8 Å². The van der Waals surface area contributed by atoms with Gasteiger partial charge in [0.05, 0.1) is 6.10 Å². The Morgan fingerprint density at radius 1 is 1.44 bits per heavy atom. The van der Waals surface area contributed by atoms with Gasteiger partial charge in [0.15, 0.2) is 5.78 Å². The number of ketones is 1. The molecule has 0 unspecified atom stereocenters. The third kappa shape index (κ3) is 3.37. The minimum Gasteiger partial charge on any atom is -0.370 e. The quantitative estimate of drug-likeness (QED) is 0.833. The van der Waals surface area contributed by atoms with E-state index >= 15 is 0 Å². The van der Waals surface area contributed by atoms with E-state index < -0.39 is 0 Å². The molecule has 0 aromatic heterocycles. The van der Waals surface area contributed by atoms with Crippen molar-refractivity contribution < 1.29 is 13.9 Å². The Labute approximate surface area is 106 Å². The van der Waals surface area contributed by atoms with E-state index in [0.29, 0.717) is 11.1 Å². The average molecular weight is 251 g/mol. The predicted octanol–water partition coefficient (Wildman–Crippen LogP) is 2.09. The first-order valence-corrected chi connectivity index (χ1v) is 6.28. The third-order valence-electron chi connectivity index (χ3n) is 3.23. The van der Waals surface area contributed by atoms with Crippen molar-refractivity contribution in [3.05, 3.63) is 35.1 Å². The van der Waals surface area contributed by atoms with Gasteiger partial charge in [0.25, 0.3) is 0 Å². The molecule has 0 radical (unpaired) electrons. The summed E-state index contributed by atoms with van der Waals surface area (Å²) in [4.78, 5) is 11.8. The minimum absolute atomic E-state index is 0.0349. The van der Waals surface area contributed by atoms with Crippen LogP contribution in [0, 0.1) is 12.7 Å². The smallest absolute Gasteiger partial charge is 0.188 e. The first-order chi connectivity index (χ1) is 8.66. The van der Waals surface area contributed by atoms with Gasteiger partial charge in [-0.25, -0.2) is 4.39 Å². The van der Waals surface area contributed by atoms with Crippen LogP contribution in [0.5, 0.6) is 0 Å². The van der Waals surface area contributed by atoms with E-state index in [1.807, 2.05) is 0 Å². The SMILES string of the molecule is Cc1ccc(C(=O)COC2CCNCC2)cc1F. The predicted molar refractivity (Wildman–Crippen MR) is 67.3 cm³/mol. The Kier molecular flexibility index (Phi) is 4.44. The maximum atomic E-state index is 13.3. The number of carbonyl (C=O) groups is 1. The highest BCUT2D eigenvalue weighted by atomic mass is 19.1. The normalized spacial score (nSPS) is 16.8. The second-order valence-electron chi connectivity index (χ2n) is 4.65. The molecule has 1 N–H and O–H groups in total. The fourth-order valence-electron chi connectivity index (χ4n) is 2.01. The summed E-state index contributed by atoms with van der Waals surface area (Å²) in [6, 6.07) is 4.54. The Hall–Kier alpha value is -1.26. The molecule has 1 aromatic carbocycles. The van der Waals surface area contributed by atoms with Gasteiger partial charge in [-0.2, -0.15) is 0 Å². The lowest BCUT2D eigenvalue weighted by Gasteiger charge is -2.22. The molecule has 0 atom stereocenters. The third-order valence-corrected chi connectivity index (χ3v) is 3.23. The fraction of sp³-hybridized carbons (Fsp3) is 0.500. The van der Waals surface area contributed by atoms with Crippen LogP contribution < -0.4 is 5.32 Å². The molecule has 1 aliphatic heterocycles. The molecule has 0 spiro atoms. The van der Waals surface area contributed by atoms with Gasteiger partial charge in [-0.3, -0.25) is 4.79 Å². The van der Waals surface area contributed by atoms with E-state index in [1.54, 1.807) is 19.1 Å². The van der Waals surface area contributed by atoms with Crippen molar-refractivity contribution in [1.29, 1.82) is 0 Å². The van der Waals surface area contributed by atoms with E-state index in [4.69, 9.17) is 4.74 Å². The van der Waals surface area contributed by atoms with Gasteiger partial charge in [-0.1, -0.05) is 12.1 Å². The molecule has 3 nitrogen and oxygen atoms in total. The van der Waals surface area contributed by atoms with Gasteiger partial charge in [-0.05, 0) is 44.5 Å². The van der Waals surface area contributed by atoms with Crippen LogP contribution >= 0.6 is 0 Å². The van der Waals surface area contributed by atoms with Crippen molar-refractivity contribution >= 4 is 5.78 Å². The first kappa shape index (κ1) is 13.2. The zero-order chi connectivity index (χ0) is 13.0. The van der Waals surface area contributed by atoms with Gasteiger partial charge in [0.1, 0.15) is 12.4 Å². The van der Waals surface area contributed by atoms with Crippen LogP contribution in [0.15, 0.2) is 18.2 Å². The highest BCUT2D eigenvalue weighted by Gasteiger charge is 2.16. The summed E-state index contributed by atoms with van der Waals surface area (Å²) in [7, 11) is 0. The molecule has 0 bridgehead atoms. The van der Waals surface area contributed by atoms with Gasteiger partial charge in [0.2, 0.25) is 0 Å². The standard InChI is InChI=1S/C14H18FNO2/c1-10-2-3-11(8-13(10)15)14(17)9-18-12-4-6-16-7-5-12/h2-3,8,12,16H,4-7,9H2,1H3. The summed E-state index contributed by atoms with van der Waals surface area (Å²) in [6.07, 6.45) is 2.00. The molecule has 1 fully saturated rings. The molecule has 98 valence electrons.